The molecule has 1 aliphatic rings. The number of halogens is 3. The highest BCUT2D eigenvalue weighted by Crippen LogP contribution is 2.31. The second kappa shape index (κ2) is 9.30. The topological polar surface area (TPSA) is 75.8 Å². The number of aliphatic hydroxyl groups is 1. The van der Waals surface area contributed by atoms with E-state index in [0.29, 0.717) is 25.4 Å². The molecule has 0 saturated carbocycles. The summed E-state index contributed by atoms with van der Waals surface area (Å²) < 4.78 is 48.7. The number of aromatic nitrogens is 1. The maximum absolute atomic E-state index is 12.8. The van der Waals surface area contributed by atoms with Gasteiger partial charge in [-0.05, 0) is 49.8 Å². The molecule has 0 spiro atoms. The van der Waals surface area contributed by atoms with Crippen LogP contribution in [0.4, 0.5) is 13.2 Å². The SMILES string of the molecule is O=C(c1cc(COc2cccc(C(F)(F)F)c2)on1)N1CCC[C@H](CCCO)C1. The first-order chi connectivity index (χ1) is 13.9. The van der Waals surface area contributed by atoms with Crippen LogP contribution < -0.4 is 4.74 Å². The Morgan fingerprint density at radius 2 is 2.17 bits per heavy atom. The Balaban J connectivity index is 1.57. The molecule has 0 aliphatic carbocycles. The van der Waals surface area contributed by atoms with Gasteiger partial charge in [0.1, 0.15) is 12.4 Å². The van der Waals surface area contributed by atoms with Gasteiger partial charge in [0.2, 0.25) is 0 Å². The van der Waals surface area contributed by atoms with Gasteiger partial charge in [0.25, 0.3) is 5.91 Å². The van der Waals surface area contributed by atoms with Gasteiger partial charge in [-0.2, -0.15) is 13.2 Å². The van der Waals surface area contributed by atoms with Gasteiger partial charge in [-0.3, -0.25) is 4.79 Å². The number of alkyl halides is 3. The standard InChI is InChI=1S/C20H23F3N2O4/c21-20(22,23)15-6-1-7-16(10-15)28-13-17-11-18(24-29-17)19(27)25-8-2-4-14(12-25)5-3-9-26/h1,6-7,10-11,14,26H,2-5,8-9,12-13H2/t14-/m1/s1. The Labute approximate surface area is 166 Å². The number of likely N-dealkylation sites (tertiary alicyclic amines) is 1. The summed E-state index contributed by atoms with van der Waals surface area (Å²) in [7, 11) is 0. The van der Waals surface area contributed by atoms with Crippen LogP contribution in [0.1, 0.15) is 47.5 Å². The van der Waals surface area contributed by atoms with E-state index < -0.39 is 11.7 Å². The minimum absolute atomic E-state index is 0.0480. The minimum Gasteiger partial charge on any atom is -0.486 e. The van der Waals surface area contributed by atoms with E-state index in [4.69, 9.17) is 14.4 Å². The molecule has 29 heavy (non-hydrogen) atoms. The molecule has 2 aromatic rings. The van der Waals surface area contributed by atoms with Gasteiger partial charge in [0.05, 0.1) is 5.56 Å². The van der Waals surface area contributed by atoms with Crippen LogP contribution in [0.15, 0.2) is 34.9 Å². The first-order valence-electron chi connectivity index (χ1n) is 9.52. The molecule has 1 aliphatic heterocycles. The van der Waals surface area contributed by atoms with Crippen LogP contribution in [0, 0.1) is 5.92 Å². The molecular formula is C20H23F3N2O4. The number of nitrogens with zero attached hydrogens (tertiary/aromatic N) is 2. The monoisotopic (exact) mass is 412 g/mol. The molecule has 0 bridgehead atoms. The van der Waals surface area contributed by atoms with E-state index in [-0.39, 0.29) is 36.3 Å². The van der Waals surface area contributed by atoms with Crippen molar-refractivity contribution in [2.75, 3.05) is 19.7 Å². The summed E-state index contributed by atoms with van der Waals surface area (Å²) in [6, 6.07) is 6.00. The largest absolute Gasteiger partial charge is 0.486 e. The normalized spacial score (nSPS) is 17.4. The number of benzene rings is 1. The number of piperidine rings is 1. The van der Waals surface area contributed by atoms with E-state index in [0.717, 1.165) is 31.4 Å². The molecular weight excluding hydrogens is 389 g/mol. The average Bonchev–Trinajstić information content (AvgIpc) is 3.19. The molecule has 0 unspecified atom stereocenters. The summed E-state index contributed by atoms with van der Waals surface area (Å²) in [6.45, 7) is 1.25. The number of hydrogen-bond acceptors (Lipinski definition) is 5. The number of amides is 1. The van der Waals surface area contributed by atoms with Gasteiger partial charge in [-0.1, -0.05) is 11.2 Å². The summed E-state index contributed by atoms with van der Waals surface area (Å²) in [5.41, 5.74) is -0.653. The Kier molecular flexibility index (Phi) is 6.79. The van der Waals surface area contributed by atoms with Gasteiger partial charge < -0.3 is 19.3 Å². The van der Waals surface area contributed by atoms with Gasteiger partial charge in [-0.15, -0.1) is 0 Å². The lowest BCUT2D eigenvalue weighted by Crippen LogP contribution is -2.40. The molecule has 1 aromatic heterocycles. The Bertz CT molecular complexity index is 822. The van der Waals surface area contributed by atoms with E-state index in [1.54, 1.807) is 4.90 Å². The lowest BCUT2D eigenvalue weighted by atomic mass is 9.93. The fourth-order valence-corrected chi connectivity index (χ4v) is 3.43. The zero-order valence-electron chi connectivity index (χ0n) is 15.8. The number of ether oxygens (including phenoxy) is 1. The first kappa shape index (κ1) is 21.2. The predicted molar refractivity (Wildman–Crippen MR) is 97.2 cm³/mol. The van der Waals surface area contributed by atoms with Crippen LogP contribution in [0.3, 0.4) is 0 Å². The Morgan fingerprint density at radius 3 is 2.93 bits per heavy atom. The zero-order chi connectivity index (χ0) is 20.9. The lowest BCUT2D eigenvalue weighted by Gasteiger charge is -2.32. The van der Waals surface area contributed by atoms with E-state index in [1.807, 2.05) is 0 Å². The van der Waals surface area contributed by atoms with Gasteiger partial charge in [-0.25, -0.2) is 0 Å². The summed E-state index contributed by atoms with van der Waals surface area (Å²) in [5.74, 6) is 0.412. The molecule has 9 heteroatoms. The Morgan fingerprint density at radius 1 is 1.34 bits per heavy atom. The molecule has 158 valence electrons. The maximum atomic E-state index is 12.8. The van der Waals surface area contributed by atoms with Crippen molar-refractivity contribution in [2.24, 2.45) is 5.92 Å². The third-order valence-corrected chi connectivity index (χ3v) is 4.90. The van der Waals surface area contributed by atoms with E-state index in [2.05, 4.69) is 5.16 Å². The summed E-state index contributed by atoms with van der Waals surface area (Å²) >= 11 is 0. The number of rotatable bonds is 7. The van der Waals surface area contributed by atoms with Crippen molar-refractivity contribution in [3.05, 3.63) is 47.3 Å². The first-order valence-corrected chi connectivity index (χ1v) is 9.52. The van der Waals surface area contributed by atoms with Crippen molar-refractivity contribution in [2.45, 2.75) is 38.5 Å². The highest BCUT2D eigenvalue weighted by Gasteiger charge is 2.30. The Hall–Kier alpha value is -2.55. The number of hydrogen-bond donors (Lipinski definition) is 1. The van der Waals surface area contributed by atoms with Gasteiger partial charge in [0.15, 0.2) is 11.5 Å². The smallest absolute Gasteiger partial charge is 0.416 e. The number of carbonyl (C=O) groups is 1. The highest BCUT2D eigenvalue weighted by atomic mass is 19.4. The van der Waals surface area contributed by atoms with Crippen LogP contribution >= 0.6 is 0 Å². The van der Waals surface area contributed by atoms with Gasteiger partial charge in [0, 0.05) is 25.8 Å². The van der Waals surface area contributed by atoms with Crippen molar-refractivity contribution in [1.82, 2.24) is 10.1 Å². The third kappa shape index (κ3) is 5.72. The molecule has 1 fully saturated rings. The molecule has 2 heterocycles. The third-order valence-electron chi connectivity index (χ3n) is 4.90. The van der Waals surface area contributed by atoms with Crippen LogP contribution in [0.5, 0.6) is 5.75 Å². The van der Waals surface area contributed by atoms with Crippen molar-refractivity contribution in [3.63, 3.8) is 0 Å². The van der Waals surface area contributed by atoms with E-state index in [1.165, 1.54) is 18.2 Å². The zero-order valence-corrected chi connectivity index (χ0v) is 15.8. The lowest BCUT2D eigenvalue weighted by molar-refractivity contribution is -0.137. The van der Waals surface area contributed by atoms with Crippen LogP contribution in [-0.2, 0) is 12.8 Å². The van der Waals surface area contributed by atoms with Crippen molar-refractivity contribution in [3.8, 4) is 5.75 Å². The minimum atomic E-state index is -4.45. The molecule has 1 saturated heterocycles. The summed E-state index contributed by atoms with van der Waals surface area (Å²) in [5, 5.41) is 12.8. The maximum Gasteiger partial charge on any atom is 0.416 e. The van der Waals surface area contributed by atoms with Crippen LogP contribution in [-0.4, -0.2) is 40.8 Å². The van der Waals surface area contributed by atoms with Crippen LogP contribution in [0.25, 0.3) is 0 Å². The molecule has 1 amide bonds. The molecule has 1 N–H and O–H groups in total. The van der Waals surface area contributed by atoms with E-state index >= 15 is 0 Å². The van der Waals surface area contributed by atoms with Crippen molar-refractivity contribution >= 4 is 5.91 Å². The highest BCUT2D eigenvalue weighted by molar-refractivity contribution is 5.92. The fraction of sp³-hybridized carbons (Fsp3) is 0.500. The summed E-state index contributed by atoms with van der Waals surface area (Å²) in [4.78, 5) is 14.4. The van der Waals surface area contributed by atoms with Crippen LogP contribution in [0.2, 0.25) is 0 Å². The van der Waals surface area contributed by atoms with E-state index in [9.17, 15) is 18.0 Å². The van der Waals surface area contributed by atoms with Crippen molar-refractivity contribution in [1.29, 1.82) is 0 Å². The molecule has 1 aromatic carbocycles. The predicted octanol–water partition coefficient (Wildman–Crippen LogP) is 3.90. The fourth-order valence-electron chi connectivity index (χ4n) is 3.43. The second-order valence-corrected chi connectivity index (χ2v) is 7.12. The molecule has 1 atom stereocenters. The molecule has 0 radical (unpaired) electrons. The quantitative estimate of drug-likeness (QED) is 0.747. The average molecular weight is 412 g/mol. The van der Waals surface area contributed by atoms with Gasteiger partial charge >= 0.3 is 6.18 Å². The van der Waals surface area contributed by atoms with Crippen molar-refractivity contribution < 1.29 is 32.3 Å². The summed E-state index contributed by atoms with van der Waals surface area (Å²) in [6.07, 6.45) is -0.943. The second-order valence-electron chi connectivity index (χ2n) is 7.12. The molecule has 6 nitrogen and oxygen atoms in total. The number of aliphatic hydroxyl groups excluding tert-OH is 1. The number of carbonyl (C=O) groups excluding carboxylic acids is 1. The molecule has 3 rings (SSSR count).